The Labute approximate surface area is 841 Å². The minimum absolute atomic E-state index is 0.0571. The van der Waals surface area contributed by atoms with E-state index in [-0.39, 0.29) is 23.6 Å². The molecule has 14 rings (SSSR count). The largest absolute Gasteiger partial charge is 0.352 e. The van der Waals surface area contributed by atoms with Crippen LogP contribution in [0.2, 0.25) is 0 Å². The fourth-order valence-corrected chi connectivity index (χ4v) is 19.7. The molecular formula is C103H181N31O7. The van der Waals surface area contributed by atoms with E-state index in [1.54, 1.807) is 35.9 Å². The van der Waals surface area contributed by atoms with Crippen molar-refractivity contribution in [2.24, 2.45) is 39.8 Å². The van der Waals surface area contributed by atoms with Gasteiger partial charge in [0.1, 0.15) is 23.0 Å². The van der Waals surface area contributed by atoms with Gasteiger partial charge >= 0.3 is 0 Å². The maximum Gasteiger partial charge on any atom is 0.275 e. The number of carbonyl (C=O) groups is 7. The van der Waals surface area contributed by atoms with Gasteiger partial charge in [-0.2, -0.15) is 103 Å². The summed E-state index contributed by atoms with van der Waals surface area (Å²) >= 11 is 0. The standard InChI is InChI=1S/C17H29N3O.C15H27N5O.2C15H26N4O.2C14H25N5O.C13H23N5O/c1-14(2)20-10-8-15(9-11-20)6-7-17(21)5-3-4-16-12-18-19-13-16;1-12(2)17-13-6-4-9-20(10-8-13)15(21)7-3-5-14-11-16-19-18-14;1-12(2)19-9-7-13(8-10-19)3-5-15(20)6-4-14-11-16-18-17-14;1-12(2)19-8-6-13(7-9-19)10-15(20)5-3-4-14-11-16-18-17-14;1-11(2)19-8-5-12(6-9-19)4-7-18(3)14(20)13-10-15-17-16-13;1-11(2)19-7-5-12(6-8-19)3-4-14(20)15-9-13-10-16-18-17-13;1-10(2)18-7-6-12(9-18)15-13(19)5-3-4-11-8-14-17-16-11/h12,14-15H,3-11,13H2,1-2H3;11-13,17H,3-10H2,1-2H3,(H,16,18,19);2*11-13H,3-10H2,1-2H3,(H,16,17,18);10-12H,4-9H2,1-3H3,(H,15,16,17);10-12H,3-9H2,1-2H3,(H,15,20)(H,16,17,18);8,10,12H,3-7,9H2,1-2H3,(H,15,19)(H,14,16,17). The molecule has 0 radical (unpaired) electrons. The summed E-state index contributed by atoms with van der Waals surface area (Å²) in [5.41, 5.74) is 6.10. The Kier molecular flexibility index (Phi) is 55.3. The summed E-state index contributed by atoms with van der Waals surface area (Å²) in [6, 6.07) is 5.19. The number of ketones is 3. The van der Waals surface area contributed by atoms with Crippen LogP contribution in [0.4, 0.5) is 0 Å². The van der Waals surface area contributed by atoms with Gasteiger partial charge in [-0.3, -0.25) is 38.5 Å². The molecule has 2 unspecified atom stereocenters. The van der Waals surface area contributed by atoms with Crippen LogP contribution in [0.25, 0.3) is 0 Å². The molecule has 8 aliphatic heterocycles. The molecule has 38 nitrogen and oxygen atoms in total. The zero-order valence-corrected chi connectivity index (χ0v) is 88.8. The number of Topliss-reactive ketones (excluding diaryl/α,β-unsaturated/α-hetero) is 3. The topological polar surface area (TPSA) is 456 Å². The van der Waals surface area contributed by atoms with Crippen LogP contribution in [0.3, 0.4) is 0 Å². The van der Waals surface area contributed by atoms with Gasteiger partial charge in [-0.1, -0.05) is 13.8 Å². The molecule has 7 saturated heterocycles. The third kappa shape index (κ3) is 48.4. The Bertz CT molecular complexity index is 4250. The minimum Gasteiger partial charge on any atom is -0.352 e. The number of aromatic nitrogens is 18. The zero-order chi connectivity index (χ0) is 101. The summed E-state index contributed by atoms with van der Waals surface area (Å²) in [5.74, 6) is 5.23. The van der Waals surface area contributed by atoms with Crippen LogP contribution in [-0.2, 0) is 61.0 Å². The van der Waals surface area contributed by atoms with Gasteiger partial charge in [0.2, 0.25) is 17.7 Å². The molecule has 6 aromatic heterocycles. The Morgan fingerprint density at radius 2 is 0.773 bits per heavy atom. The quantitative estimate of drug-likeness (QED) is 0.0171. The molecule has 0 spiro atoms. The van der Waals surface area contributed by atoms with Crippen molar-refractivity contribution in [3.8, 4) is 0 Å². The van der Waals surface area contributed by atoms with Gasteiger partial charge in [0.15, 0.2) is 5.69 Å². The first-order valence-corrected chi connectivity index (χ1v) is 54.0. The number of nitrogens with zero attached hydrogens (tertiary/aromatic N) is 22. The van der Waals surface area contributed by atoms with E-state index in [1.165, 1.54) is 135 Å². The van der Waals surface area contributed by atoms with E-state index in [0.717, 1.165) is 221 Å². The molecule has 14 heterocycles. The molecule has 9 N–H and O–H groups in total. The number of aryl methyl sites for hydroxylation is 4. The molecule has 6 aromatic rings. The predicted molar refractivity (Wildman–Crippen MR) is 551 cm³/mol. The Balaban J connectivity index is 0.000000201. The van der Waals surface area contributed by atoms with E-state index in [4.69, 9.17) is 0 Å². The van der Waals surface area contributed by atoms with Crippen LogP contribution in [0.1, 0.15) is 341 Å². The second-order valence-electron chi connectivity index (χ2n) is 42.3. The number of amides is 4. The van der Waals surface area contributed by atoms with Crippen molar-refractivity contribution in [1.29, 1.82) is 0 Å². The van der Waals surface area contributed by atoms with Gasteiger partial charge in [0, 0.05) is 152 Å². The number of piperidine rings is 5. The molecule has 7 fully saturated rings. The number of carbonyl (C=O) groups excluding carboxylic acids is 7. The highest BCUT2D eigenvalue weighted by molar-refractivity contribution is 5.91. The number of aromatic amines is 6. The summed E-state index contributed by atoms with van der Waals surface area (Å²) in [6.45, 7) is 48.9. The van der Waals surface area contributed by atoms with Crippen molar-refractivity contribution >= 4 is 41.0 Å². The lowest BCUT2D eigenvalue weighted by Crippen LogP contribution is -2.39. The second-order valence-corrected chi connectivity index (χ2v) is 42.3. The molecule has 790 valence electrons. The van der Waals surface area contributed by atoms with Crippen LogP contribution in [0, 0.1) is 29.6 Å². The van der Waals surface area contributed by atoms with Crippen molar-refractivity contribution in [3.05, 3.63) is 83.1 Å². The smallest absolute Gasteiger partial charge is 0.275 e. The maximum absolute atomic E-state index is 12.3. The molecular weight excluding hydrogens is 1780 g/mol. The third-order valence-electron chi connectivity index (χ3n) is 29.2. The van der Waals surface area contributed by atoms with Crippen LogP contribution in [-0.4, -0.2) is 339 Å². The molecule has 0 aliphatic carbocycles. The number of rotatable bonds is 45. The molecule has 4 amide bonds. The average molecular weight is 1970 g/mol. The fourth-order valence-electron chi connectivity index (χ4n) is 19.7. The normalized spacial score (nSPS) is 18.7. The number of hydrogen-bond acceptors (Lipinski definition) is 28. The monoisotopic (exact) mass is 1960 g/mol. The first-order valence-electron chi connectivity index (χ1n) is 54.0. The van der Waals surface area contributed by atoms with E-state index >= 15 is 0 Å². The van der Waals surface area contributed by atoms with Gasteiger partial charge in [-0.05, 0) is 357 Å². The van der Waals surface area contributed by atoms with E-state index < -0.39 is 0 Å². The SMILES string of the molecule is CC(C)N1CCC(CC(=O)CCCc2cn[nH]n2)CC1.CC(C)N1CCC(CCC(=O)CCCC2=CN=NC2)CC1.CC(C)N1CCC(CCC(=O)CCc2cn[nH]n2)CC1.CC(C)N1CCC(CCC(=O)NCc2cn[nH]n2)CC1.CC(C)N1CCC(CCN(C)C(=O)c2cn[nH]n2)CC1.CC(C)N1CCC(NC(=O)CCCc2cn[nH]n2)C1.CC(C)NC1CCCN(C(=O)CCCc2cn[nH]n2)CC1. The van der Waals surface area contributed by atoms with Gasteiger partial charge in [0.25, 0.3) is 5.91 Å². The van der Waals surface area contributed by atoms with Crippen LogP contribution in [0.15, 0.2) is 59.2 Å². The third-order valence-corrected chi connectivity index (χ3v) is 29.2. The Morgan fingerprint density at radius 1 is 0.376 bits per heavy atom. The first kappa shape index (κ1) is 117. The van der Waals surface area contributed by atoms with Crippen LogP contribution >= 0.6 is 0 Å². The van der Waals surface area contributed by atoms with Gasteiger partial charge < -0.3 is 50.2 Å². The van der Waals surface area contributed by atoms with Crippen molar-refractivity contribution in [3.63, 3.8) is 0 Å². The second kappa shape index (κ2) is 66.7. The molecule has 8 aliphatic rings. The van der Waals surface area contributed by atoms with Gasteiger partial charge in [0.05, 0.1) is 79.2 Å². The van der Waals surface area contributed by atoms with E-state index in [2.05, 4.69) is 245 Å². The zero-order valence-electron chi connectivity index (χ0n) is 88.8. The lowest BCUT2D eigenvalue weighted by Gasteiger charge is -2.35. The summed E-state index contributed by atoms with van der Waals surface area (Å²) in [4.78, 5) is 103. The van der Waals surface area contributed by atoms with Crippen molar-refractivity contribution in [1.82, 2.24) is 148 Å². The Morgan fingerprint density at radius 3 is 1.21 bits per heavy atom. The van der Waals surface area contributed by atoms with Crippen LogP contribution in [0.5, 0.6) is 0 Å². The summed E-state index contributed by atoms with van der Waals surface area (Å²) in [7, 11) is 1.83. The summed E-state index contributed by atoms with van der Waals surface area (Å²) in [5, 5.41) is 78.8. The average Bonchev–Trinajstić information content (AvgIpc) is 1.82. The highest BCUT2D eigenvalue weighted by Crippen LogP contribution is 2.30. The first-order chi connectivity index (χ1) is 68.0. The van der Waals surface area contributed by atoms with Crippen molar-refractivity contribution in [2.75, 3.05) is 112 Å². The van der Waals surface area contributed by atoms with Crippen molar-refractivity contribution in [2.45, 2.75) is 389 Å². The predicted octanol–water partition coefficient (Wildman–Crippen LogP) is 13.3. The summed E-state index contributed by atoms with van der Waals surface area (Å²) < 4.78 is 0. The Hall–Kier alpha value is -9.21. The van der Waals surface area contributed by atoms with E-state index in [1.807, 2.05) is 18.1 Å². The molecule has 0 bridgehead atoms. The number of hydrogen-bond donors (Lipinski definition) is 9. The van der Waals surface area contributed by atoms with Gasteiger partial charge in [-0.15, -0.1) is 0 Å². The number of H-pyrrole nitrogens is 6. The fraction of sp³-hybridized carbons (Fsp3) is 0.796. The van der Waals surface area contributed by atoms with Gasteiger partial charge in [-0.25, -0.2) is 0 Å². The lowest BCUT2D eigenvalue weighted by molar-refractivity contribution is -0.131. The molecule has 0 aromatic carbocycles. The van der Waals surface area contributed by atoms with E-state index in [0.29, 0.717) is 134 Å². The highest BCUT2D eigenvalue weighted by atomic mass is 16.2. The lowest BCUT2D eigenvalue weighted by atomic mass is 9.90. The minimum atomic E-state index is -0.0571. The maximum atomic E-state index is 12.3. The van der Waals surface area contributed by atoms with Crippen LogP contribution < -0.4 is 16.0 Å². The number of likely N-dealkylation sites (tertiary alicyclic amines) is 7. The number of azo groups is 1. The number of nitrogens with one attached hydrogen (secondary N) is 9. The molecule has 38 heteroatoms. The molecule has 0 saturated carbocycles. The summed E-state index contributed by atoms with van der Waals surface area (Å²) in [6.07, 6.45) is 46.4. The van der Waals surface area contributed by atoms with E-state index in [9.17, 15) is 33.6 Å². The molecule has 2 atom stereocenters. The van der Waals surface area contributed by atoms with Crippen molar-refractivity contribution < 1.29 is 33.6 Å². The molecule has 141 heavy (non-hydrogen) atoms. The highest BCUT2D eigenvalue weighted by Gasteiger charge is 2.31.